The Morgan fingerprint density at radius 3 is 2.51 bits per heavy atom. The molecule has 1 unspecified atom stereocenters. The molecule has 1 saturated heterocycles. The zero-order valence-electron chi connectivity index (χ0n) is 22.9. The van der Waals surface area contributed by atoms with Gasteiger partial charge in [-0.2, -0.15) is 0 Å². The van der Waals surface area contributed by atoms with Crippen molar-refractivity contribution in [2.24, 2.45) is 11.3 Å². The lowest BCUT2D eigenvalue weighted by molar-refractivity contribution is -0.136. The van der Waals surface area contributed by atoms with Crippen LogP contribution < -0.4 is 10.9 Å². The number of aromatic nitrogens is 2. The summed E-state index contributed by atoms with van der Waals surface area (Å²) in [5.74, 6) is 0.139. The van der Waals surface area contributed by atoms with E-state index in [-0.39, 0.29) is 30.0 Å². The normalized spacial score (nSPS) is 24.9. The average Bonchev–Trinajstić information content (AvgIpc) is 3.67. The monoisotopic (exact) mass is 550 g/mol. The first-order chi connectivity index (χ1) is 18.6. The Morgan fingerprint density at radius 1 is 1.21 bits per heavy atom. The number of halogens is 1. The molecule has 7 nitrogen and oxygen atoms in total. The Morgan fingerprint density at radius 2 is 1.87 bits per heavy atom. The van der Waals surface area contributed by atoms with Gasteiger partial charge in [-0.25, -0.2) is 4.39 Å². The van der Waals surface area contributed by atoms with Crippen LogP contribution in [0.25, 0.3) is 10.9 Å². The number of aromatic amines is 1. The Bertz CT molecular complexity index is 1550. The fourth-order valence-electron chi connectivity index (χ4n) is 6.75. The van der Waals surface area contributed by atoms with Gasteiger partial charge >= 0.3 is 0 Å². The second-order valence-electron chi connectivity index (χ2n) is 11.6. The fourth-order valence-corrected chi connectivity index (χ4v) is 7.46. The first-order valence-corrected chi connectivity index (χ1v) is 15.0. The highest BCUT2D eigenvalue weighted by molar-refractivity contribution is 7.98. The number of piperidine rings is 1. The maximum absolute atomic E-state index is 14.1. The van der Waals surface area contributed by atoms with Crippen molar-refractivity contribution in [1.82, 2.24) is 19.8 Å². The van der Waals surface area contributed by atoms with E-state index in [9.17, 15) is 18.8 Å². The zero-order valence-corrected chi connectivity index (χ0v) is 23.7. The number of nitrogens with zero attached hydrogens (tertiary/aromatic N) is 2. The van der Waals surface area contributed by atoms with Crippen LogP contribution in [0.3, 0.4) is 0 Å². The van der Waals surface area contributed by atoms with Crippen molar-refractivity contribution < 1.29 is 14.0 Å². The molecule has 1 atom stereocenters. The van der Waals surface area contributed by atoms with E-state index >= 15 is 0 Å². The van der Waals surface area contributed by atoms with Gasteiger partial charge in [-0.1, -0.05) is 18.2 Å². The number of hydrogen-bond acceptors (Lipinski definition) is 4. The molecule has 2 saturated carbocycles. The van der Waals surface area contributed by atoms with Crippen LogP contribution in [0.4, 0.5) is 4.39 Å². The smallest absolute Gasteiger partial charge is 0.254 e. The van der Waals surface area contributed by atoms with E-state index in [1.54, 1.807) is 0 Å². The number of para-hydroxylation sites is 1. The molecule has 0 bridgehead atoms. The van der Waals surface area contributed by atoms with E-state index in [4.69, 9.17) is 0 Å². The number of amides is 2. The largest absolute Gasteiger partial charge is 0.348 e. The molecule has 3 aliphatic rings. The third-order valence-electron chi connectivity index (χ3n) is 9.36. The van der Waals surface area contributed by atoms with Gasteiger partial charge in [0.05, 0.1) is 11.0 Å². The molecule has 3 heterocycles. The second-order valence-corrected chi connectivity index (χ2v) is 12.5. The van der Waals surface area contributed by atoms with E-state index in [1.165, 1.54) is 11.8 Å². The number of thioether (sulfide) groups is 1. The van der Waals surface area contributed by atoms with Crippen LogP contribution in [-0.2, 0) is 11.3 Å². The van der Waals surface area contributed by atoms with Crippen LogP contribution in [-0.4, -0.2) is 51.3 Å². The van der Waals surface area contributed by atoms with E-state index < -0.39 is 11.1 Å². The SMILES string of the molecule is CSc1cc(C)[nH]c(=O)c1CNC(=O)c1c(C)n(C(C)C2CCN(C(=O)C34CC3(F)C4)CC2)c2ccccc12. The minimum Gasteiger partial charge on any atom is -0.348 e. The minimum absolute atomic E-state index is 0.00898. The summed E-state index contributed by atoms with van der Waals surface area (Å²) in [4.78, 5) is 44.6. The van der Waals surface area contributed by atoms with Crippen molar-refractivity contribution in [1.29, 1.82) is 0 Å². The molecule has 0 spiro atoms. The molecule has 1 aliphatic heterocycles. The van der Waals surface area contributed by atoms with Crippen LogP contribution >= 0.6 is 11.8 Å². The lowest BCUT2D eigenvalue weighted by Crippen LogP contribution is -2.42. The van der Waals surface area contributed by atoms with Crippen molar-refractivity contribution >= 4 is 34.5 Å². The lowest BCUT2D eigenvalue weighted by atomic mass is 9.89. The van der Waals surface area contributed by atoms with Gasteiger partial charge in [0, 0.05) is 71.3 Å². The third-order valence-corrected chi connectivity index (χ3v) is 10.2. The summed E-state index contributed by atoms with van der Waals surface area (Å²) in [7, 11) is 0. The quantitative estimate of drug-likeness (QED) is 0.410. The Kier molecular flexibility index (Phi) is 6.21. The average molecular weight is 551 g/mol. The van der Waals surface area contributed by atoms with E-state index in [0.29, 0.717) is 43.0 Å². The number of carbonyl (C=O) groups excluding carboxylic acids is 2. The van der Waals surface area contributed by atoms with Crippen LogP contribution in [0, 0.1) is 25.2 Å². The lowest BCUT2D eigenvalue weighted by Gasteiger charge is -2.36. The van der Waals surface area contributed by atoms with Crippen molar-refractivity contribution in [3.8, 4) is 0 Å². The Labute approximate surface area is 231 Å². The van der Waals surface area contributed by atoms with E-state index in [2.05, 4.69) is 21.8 Å². The van der Waals surface area contributed by atoms with Crippen molar-refractivity contribution in [2.75, 3.05) is 19.3 Å². The first-order valence-electron chi connectivity index (χ1n) is 13.7. The summed E-state index contributed by atoms with van der Waals surface area (Å²) >= 11 is 1.49. The molecule has 1 aromatic carbocycles. The van der Waals surface area contributed by atoms with Gasteiger partial charge in [-0.05, 0) is 57.9 Å². The molecule has 2 aliphatic carbocycles. The number of benzene rings is 1. The highest BCUT2D eigenvalue weighted by Gasteiger charge is 2.90. The van der Waals surface area contributed by atoms with Crippen molar-refractivity contribution in [3.63, 3.8) is 0 Å². The number of fused-ring (bicyclic) bond motifs is 2. The molecule has 3 aromatic rings. The Balaban J connectivity index is 1.21. The highest BCUT2D eigenvalue weighted by Crippen LogP contribution is 2.81. The molecule has 2 aromatic heterocycles. The number of carbonyl (C=O) groups is 2. The number of alkyl halides is 1. The first kappa shape index (κ1) is 26.2. The number of aryl methyl sites for hydroxylation is 1. The summed E-state index contributed by atoms with van der Waals surface area (Å²) in [6.07, 6.45) is 4.44. The molecule has 6 rings (SSSR count). The van der Waals surface area contributed by atoms with Crippen molar-refractivity contribution in [3.05, 3.63) is 63.2 Å². The highest BCUT2D eigenvalue weighted by atomic mass is 32.2. The summed E-state index contributed by atoms with van der Waals surface area (Å²) in [5.41, 5.74) is 1.80. The molecular formula is C30H35FN4O3S. The van der Waals surface area contributed by atoms with Gasteiger partial charge in [0.2, 0.25) is 5.91 Å². The van der Waals surface area contributed by atoms with E-state index in [1.807, 2.05) is 55.3 Å². The molecule has 206 valence electrons. The van der Waals surface area contributed by atoms with Gasteiger partial charge < -0.3 is 19.8 Å². The van der Waals surface area contributed by atoms with Gasteiger partial charge in [0.25, 0.3) is 11.5 Å². The molecule has 3 fully saturated rings. The minimum atomic E-state index is -1.20. The topological polar surface area (TPSA) is 87.2 Å². The predicted molar refractivity (Wildman–Crippen MR) is 151 cm³/mol. The van der Waals surface area contributed by atoms with Gasteiger partial charge in [0.15, 0.2) is 0 Å². The van der Waals surface area contributed by atoms with Crippen LogP contribution in [0.1, 0.15) is 66.0 Å². The number of pyridine rings is 1. The summed E-state index contributed by atoms with van der Waals surface area (Å²) in [6, 6.07) is 9.99. The molecule has 2 amide bonds. The van der Waals surface area contributed by atoms with E-state index in [0.717, 1.165) is 40.0 Å². The van der Waals surface area contributed by atoms with Crippen LogP contribution in [0.2, 0.25) is 0 Å². The zero-order chi connectivity index (χ0) is 27.7. The molecule has 9 heteroatoms. The summed E-state index contributed by atoms with van der Waals surface area (Å²) in [6.45, 7) is 7.47. The summed E-state index contributed by atoms with van der Waals surface area (Å²) < 4.78 is 16.4. The predicted octanol–water partition coefficient (Wildman–Crippen LogP) is 4.90. The molecule has 2 N–H and O–H groups in total. The fraction of sp³-hybridized carbons (Fsp3) is 0.500. The van der Waals surface area contributed by atoms with Gasteiger partial charge in [-0.3, -0.25) is 14.4 Å². The number of likely N-dealkylation sites (tertiary alicyclic amines) is 1. The van der Waals surface area contributed by atoms with Crippen LogP contribution in [0.5, 0.6) is 0 Å². The number of rotatable bonds is 7. The molecule has 0 radical (unpaired) electrons. The van der Waals surface area contributed by atoms with Gasteiger partial charge in [-0.15, -0.1) is 11.8 Å². The molecular weight excluding hydrogens is 515 g/mol. The maximum Gasteiger partial charge on any atom is 0.254 e. The molecule has 39 heavy (non-hydrogen) atoms. The van der Waals surface area contributed by atoms with Gasteiger partial charge in [0.1, 0.15) is 5.67 Å². The number of hydrogen-bond donors (Lipinski definition) is 2. The number of H-pyrrole nitrogens is 1. The summed E-state index contributed by atoms with van der Waals surface area (Å²) in [5, 5.41) is 3.88. The Hall–Kier alpha value is -3.07. The second kappa shape index (κ2) is 9.25. The standard InChI is InChI=1S/C30H35FN4O3S/c1-17-13-24(39-4)22(26(36)33-17)14-32-27(37)25-19(3)35(23-8-6-5-7-21(23)25)18(2)20-9-11-34(12-10-20)28(38)29-15-30(29,31)16-29/h5-8,13,18,20H,9-12,14-16H2,1-4H3,(H,32,37)(H,33,36). The van der Waals surface area contributed by atoms with Crippen LogP contribution in [0.15, 0.2) is 40.0 Å². The maximum atomic E-state index is 14.1. The number of nitrogens with one attached hydrogen (secondary N) is 2. The van der Waals surface area contributed by atoms with Crippen molar-refractivity contribution in [2.45, 2.75) is 69.6 Å². The third kappa shape index (κ3) is 4.12.